The first-order valence-corrected chi connectivity index (χ1v) is 23.1. The topological polar surface area (TPSA) is 118 Å². The van der Waals surface area contributed by atoms with Crippen LogP contribution in [0.15, 0.2) is 66.7 Å². The summed E-state index contributed by atoms with van der Waals surface area (Å²) in [7, 11) is -6.05. The molecule has 0 bridgehead atoms. The summed E-state index contributed by atoms with van der Waals surface area (Å²) in [5.74, 6) is 0.361. The van der Waals surface area contributed by atoms with Gasteiger partial charge in [0, 0.05) is 66.7 Å². The van der Waals surface area contributed by atoms with Crippen LogP contribution in [0.3, 0.4) is 0 Å². The molecule has 55 heavy (non-hydrogen) atoms. The molecule has 9 rings (SSSR count). The fourth-order valence-corrected chi connectivity index (χ4v) is 13.7. The largest absolute Gasteiger partial charge is 0.497 e. The molecule has 5 aliphatic rings. The molecule has 4 fully saturated rings. The maximum atomic E-state index is 15.6. The van der Waals surface area contributed by atoms with Crippen LogP contribution in [0.5, 0.6) is 5.75 Å². The lowest BCUT2D eigenvalue weighted by Crippen LogP contribution is -2.53. The van der Waals surface area contributed by atoms with Gasteiger partial charge in [0.2, 0.25) is 20.0 Å². The van der Waals surface area contributed by atoms with Gasteiger partial charge >= 0.3 is 0 Å². The second-order valence-electron chi connectivity index (χ2n) is 17.0. The molecule has 2 unspecified atom stereocenters. The van der Waals surface area contributed by atoms with E-state index in [1.807, 2.05) is 22.5 Å². The molecule has 4 atom stereocenters. The molecule has 1 N–H and O–H groups in total. The van der Waals surface area contributed by atoms with Crippen molar-refractivity contribution in [2.45, 2.75) is 106 Å². The number of sulfonamides is 2. The Labute approximate surface area is 325 Å². The van der Waals surface area contributed by atoms with E-state index in [9.17, 15) is 13.2 Å². The van der Waals surface area contributed by atoms with Crippen LogP contribution in [0.1, 0.15) is 104 Å². The highest BCUT2D eigenvalue weighted by atomic mass is 32.2. The van der Waals surface area contributed by atoms with Crippen molar-refractivity contribution in [3.05, 3.63) is 89.0 Å². The van der Waals surface area contributed by atoms with Gasteiger partial charge in [0.1, 0.15) is 10.5 Å². The summed E-state index contributed by atoms with van der Waals surface area (Å²) in [4.78, 5) is 16.0. The molecule has 292 valence electrons. The molecule has 1 aromatic heterocycles. The summed E-state index contributed by atoms with van der Waals surface area (Å²) in [6, 6.07) is 21.9. The normalized spacial score (nSPS) is 25.9. The van der Waals surface area contributed by atoms with Crippen molar-refractivity contribution in [2.75, 3.05) is 26.7 Å². The zero-order valence-electron chi connectivity index (χ0n) is 32.0. The third kappa shape index (κ3) is 6.13. The Hall–Kier alpha value is -3.71. The highest BCUT2D eigenvalue weighted by Crippen LogP contribution is 2.64. The minimum atomic E-state index is -3.86. The van der Waals surface area contributed by atoms with Gasteiger partial charge in [-0.05, 0) is 105 Å². The Balaban J connectivity index is 1.18. The summed E-state index contributed by atoms with van der Waals surface area (Å²) in [5.41, 5.74) is 6.52. The number of carbonyl (C=O) groups is 1. The van der Waals surface area contributed by atoms with Crippen LogP contribution >= 0.6 is 0 Å². The van der Waals surface area contributed by atoms with E-state index in [2.05, 4.69) is 50.6 Å². The highest BCUT2D eigenvalue weighted by Gasteiger charge is 2.68. The Bertz CT molecular complexity index is 2370. The Morgan fingerprint density at radius 1 is 0.927 bits per heavy atom. The van der Waals surface area contributed by atoms with Gasteiger partial charge < -0.3 is 9.30 Å². The zero-order chi connectivity index (χ0) is 38.3. The monoisotopic (exact) mass is 784 g/mol. The summed E-state index contributed by atoms with van der Waals surface area (Å²) in [6.07, 6.45) is 7.88. The van der Waals surface area contributed by atoms with Crippen LogP contribution in [-0.2, 0) is 33.1 Å². The number of benzene rings is 3. The average molecular weight is 785 g/mol. The van der Waals surface area contributed by atoms with E-state index in [4.69, 9.17) is 4.74 Å². The second kappa shape index (κ2) is 13.7. The number of amides is 1. The van der Waals surface area contributed by atoms with E-state index < -0.39 is 36.0 Å². The van der Waals surface area contributed by atoms with Gasteiger partial charge in [0.15, 0.2) is 0 Å². The quantitative estimate of drug-likeness (QED) is 0.194. The molecular weight excluding hydrogens is 733 g/mol. The molecule has 12 heteroatoms. The fourth-order valence-electron chi connectivity index (χ4n) is 10.5. The van der Waals surface area contributed by atoms with E-state index in [-0.39, 0.29) is 35.9 Å². The summed E-state index contributed by atoms with van der Waals surface area (Å²) < 4.78 is 67.8. The molecule has 0 radical (unpaired) electrons. The van der Waals surface area contributed by atoms with Crippen LogP contribution in [0.2, 0.25) is 0 Å². The van der Waals surface area contributed by atoms with Crippen molar-refractivity contribution in [1.29, 1.82) is 0 Å². The fraction of sp³-hybridized carbons (Fsp3) is 0.512. The van der Waals surface area contributed by atoms with Crippen molar-refractivity contribution in [3.63, 3.8) is 0 Å². The van der Waals surface area contributed by atoms with Crippen molar-refractivity contribution >= 4 is 36.9 Å². The van der Waals surface area contributed by atoms with E-state index in [0.717, 1.165) is 79.3 Å². The summed E-state index contributed by atoms with van der Waals surface area (Å²) in [6.45, 7) is 6.26. The second-order valence-corrected chi connectivity index (χ2v) is 21.4. The number of likely N-dealkylation sites (tertiary alicyclic amines) is 1. The van der Waals surface area contributed by atoms with Crippen molar-refractivity contribution in [2.24, 2.45) is 5.92 Å². The maximum absolute atomic E-state index is 15.6. The molecule has 10 nitrogen and oxygen atoms in total. The number of aromatic nitrogens is 1. The predicted molar refractivity (Wildman–Crippen MR) is 215 cm³/mol. The van der Waals surface area contributed by atoms with E-state index in [0.29, 0.717) is 25.3 Å². The summed E-state index contributed by atoms with van der Waals surface area (Å²) in [5, 5.41) is 0.233. The van der Waals surface area contributed by atoms with Crippen molar-refractivity contribution < 1.29 is 26.4 Å². The number of rotatable bonds is 9. The standard InChI is InChI=1S/C43H52N4O6S2/c1-28(2)54(49,50)44-42(48)31-16-18-35-38(21-31)46-27-43(55(51,52)47-20-10-15-32-25-45(26-39(32)47)24-29-11-6-4-7-12-29)23-37(43)36-22-33(53-3)17-19-34(36)41(46)40(35)30-13-8-5-9-14-30/h4,6-7,11-12,16-19,21-22,28,30,32,37,39H,5,8-10,13-15,20,23-27H2,1-3H3,(H,44,48)/t32-,37?,39+,43?/m0/s1. The van der Waals surface area contributed by atoms with Crippen molar-refractivity contribution in [1.82, 2.24) is 18.5 Å². The molecule has 3 aromatic carbocycles. The SMILES string of the molecule is COc1ccc2c(c1)C1CC1(S(=O)(=O)N1CCC[C@H]3CN(Cc4ccccc4)C[C@H]31)Cn1c-2c(C2CCCCC2)c2ccc(C(=O)NS(=O)(=O)C(C)C)cc21. The molecule has 0 spiro atoms. The lowest BCUT2D eigenvalue weighted by molar-refractivity contribution is 0.0981. The number of hydrogen-bond donors (Lipinski definition) is 1. The molecule has 4 heterocycles. The molecule has 3 aliphatic heterocycles. The number of piperidine rings is 1. The molecule has 2 aliphatic carbocycles. The molecule has 4 aromatic rings. The third-order valence-corrected chi connectivity index (χ3v) is 17.8. The van der Waals surface area contributed by atoms with Crippen molar-refractivity contribution in [3.8, 4) is 17.0 Å². The first-order chi connectivity index (χ1) is 26.4. The molecule has 2 saturated carbocycles. The van der Waals surface area contributed by atoms with Crippen LogP contribution in [0, 0.1) is 5.92 Å². The van der Waals surface area contributed by atoms with Gasteiger partial charge in [-0.2, -0.15) is 4.31 Å². The number of nitrogens with zero attached hydrogens (tertiary/aromatic N) is 3. The van der Waals surface area contributed by atoms with Gasteiger partial charge in [-0.3, -0.25) is 9.69 Å². The maximum Gasteiger partial charge on any atom is 0.264 e. The van der Waals surface area contributed by atoms with Gasteiger partial charge in [0.25, 0.3) is 5.91 Å². The third-order valence-electron chi connectivity index (χ3n) is 13.5. The van der Waals surface area contributed by atoms with E-state index in [1.54, 1.807) is 19.2 Å². The first kappa shape index (κ1) is 36.9. The van der Waals surface area contributed by atoms with Crippen LogP contribution in [0.4, 0.5) is 0 Å². The average Bonchev–Trinajstić information content (AvgIpc) is 3.69. The lowest BCUT2D eigenvalue weighted by Gasteiger charge is -2.38. The van der Waals surface area contributed by atoms with Gasteiger partial charge in [0.05, 0.1) is 18.1 Å². The number of fused-ring (bicyclic) bond motifs is 8. The number of carbonyl (C=O) groups excluding carboxylic acids is 1. The van der Waals surface area contributed by atoms with E-state index >= 15 is 8.42 Å². The molecule has 2 saturated heterocycles. The van der Waals surface area contributed by atoms with Crippen LogP contribution in [0.25, 0.3) is 22.2 Å². The molecular formula is C43H52N4O6S2. The first-order valence-electron chi connectivity index (χ1n) is 20.1. The minimum Gasteiger partial charge on any atom is -0.497 e. The minimum absolute atomic E-state index is 0.0806. The van der Waals surface area contributed by atoms with Gasteiger partial charge in [-0.25, -0.2) is 21.6 Å². The van der Waals surface area contributed by atoms with E-state index in [1.165, 1.54) is 31.4 Å². The zero-order valence-corrected chi connectivity index (χ0v) is 33.7. The Morgan fingerprint density at radius 3 is 2.45 bits per heavy atom. The predicted octanol–water partition coefficient (Wildman–Crippen LogP) is 7.00. The number of ether oxygens (including phenoxy) is 1. The van der Waals surface area contributed by atoms with Crippen LogP contribution in [-0.4, -0.2) is 79.3 Å². The lowest BCUT2D eigenvalue weighted by atomic mass is 9.81. The number of methoxy groups -OCH3 is 1. The van der Waals surface area contributed by atoms with Gasteiger partial charge in [-0.1, -0.05) is 55.7 Å². The van der Waals surface area contributed by atoms with Crippen LogP contribution < -0.4 is 9.46 Å². The number of nitrogens with one attached hydrogen (secondary N) is 1. The Kier molecular flexibility index (Phi) is 9.22. The summed E-state index contributed by atoms with van der Waals surface area (Å²) >= 11 is 0. The highest BCUT2D eigenvalue weighted by molar-refractivity contribution is 7.91. The smallest absolute Gasteiger partial charge is 0.264 e. The number of hydrogen-bond acceptors (Lipinski definition) is 7. The Morgan fingerprint density at radius 2 is 1.71 bits per heavy atom. The van der Waals surface area contributed by atoms with Gasteiger partial charge in [-0.15, -0.1) is 0 Å². The molecule has 1 amide bonds.